The van der Waals surface area contributed by atoms with E-state index in [1.807, 2.05) is 0 Å². The molecular weight excluding hydrogens is 196 g/mol. The first kappa shape index (κ1) is 11.5. The Balaban J connectivity index is 1.82. The standard InChI is InChI=1S/C14H22N2/c1-12-6-5-7-14(13(12)2)15-8-11-16-9-3-4-10-16/h5-7,15H,3-4,8-11H2,1-2H3. The third kappa shape index (κ3) is 2.76. The first-order valence-corrected chi connectivity index (χ1v) is 6.30. The van der Waals surface area contributed by atoms with E-state index in [4.69, 9.17) is 0 Å². The van der Waals surface area contributed by atoms with E-state index in [0.29, 0.717) is 0 Å². The first-order valence-electron chi connectivity index (χ1n) is 6.30. The van der Waals surface area contributed by atoms with Gasteiger partial charge in [-0.15, -0.1) is 0 Å². The maximum atomic E-state index is 3.54. The second-order valence-electron chi connectivity index (χ2n) is 4.72. The van der Waals surface area contributed by atoms with E-state index < -0.39 is 0 Å². The molecule has 0 aliphatic carbocycles. The molecule has 88 valence electrons. The summed E-state index contributed by atoms with van der Waals surface area (Å²) in [4.78, 5) is 2.54. The number of anilines is 1. The fourth-order valence-electron chi connectivity index (χ4n) is 2.30. The van der Waals surface area contributed by atoms with Crippen LogP contribution in [0.3, 0.4) is 0 Å². The van der Waals surface area contributed by atoms with Gasteiger partial charge in [-0.2, -0.15) is 0 Å². The Hall–Kier alpha value is -1.02. The highest BCUT2D eigenvalue weighted by molar-refractivity contribution is 5.53. The molecule has 0 saturated carbocycles. The Kier molecular flexibility index (Phi) is 3.83. The van der Waals surface area contributed by atoms with Crippen LogP contribution in [0.5, 0.6) is 0 Å². The van der Waals surface area contributed by atoms with Crippen LogP contribution in [0.2, 0.25) is 0 Å². The van der Waals surface area contributed by atoms with Gasteiger partial charge in [0.1, 0.15) is 0 Å². The van der Waals surface area contributed by atoms with Gasteiger partial charge in [0.05, 0.1) is 0 Å². The van der Waals surface area contributed by atoms with Crippen molar-refractivity contribution in [1.29, 1.82) is 0 Å². The molecule has 1 aromatic rings. The normalized spacial score (nSPS) is 16.6. The van der Waals surface area contributed by atoms with Crippen molar-refractivity contribution in [3.8, 4) is 0 Å². The van der Waals surface area contributed by atoms with Gasteiger partial charge >= 0.3 is 0 Å². The largest absolute Gasteiger partial charge is 0.384 e. The number of aryl methyl sites for hydroxylation is 1. The quantitative estimate of drug-likeness (QED) is 0.836. The van der Waals surface area contributed by atoms with Crippen LogP contribution in [0.4, 0.5) is 5.69 Å². The van der Waals surface area contributed by atoms with Crippen molar-refractivity contribution in [2.45, 2.75) is 26.7 Å². The molecule has 16 heavy (non-hydrogen) atoms. The van der Waals surface area contributed by atoms with Crippen LogP contribution in [0.25, 0.3) is 0 Å². The summed E-state index contributed by atoms with van der Waals surface area (Å²) >= 11 is 0. The van der Waals surface area contributed by atoms with E-state index in [1.54, 1.807) is 0 Å². The first-order chi connectivity index (χ1) is 7.77. The number of nitrogens with zero attached hydrogens (tertiary/aromatic N) is 1. The molecule has 1 heterocycles. The smallest absolute Gasteiger partial charge is 0.0372 e. The monoisotopic (exact) mass is 218 g/mol. The van der Waals surface area contributed by atoms with Crippen molar-refractivity contribution in [3.05, 3.63) is 29.3 Å². The van der Waals surface area contributed by atoms with Gasteiger partial charge in [-0.3, -0.25) is 0 Å². The van der Waals surface area contributed by atoms with Gasteiger partial charge in [0.2, 0.25) is 0 Å². The lowest BCUT2D eigenvalue weighted by atomic mass is 10.1. The van der Waals surface area contributed by atoms with Crippen molar-refractivity contribution >= 4 is 5.69 Å². The molecule has 1 aliphatic heterocycles. The lowest BCUT2D eigenvalue weighted by molar-refractivity contribution is 0.352. The molecule has 1 saturated heterocycles. The van der Waals surface area contributed by atoms with E-state index >= 15 is 0 Å². The van der Waals surface area contributed by atoms with Crippen LogP contribution < -0.4 is 5.32 Å². The van der Waals surface area contributed by atoms with Gasteiger partial charge < -0.3 is 10.2 Å². The fourth-order valence-corrected chi connectivity index (χ4v) is 2.30. The topological polar surface area (TPSA) is 15.3 Å². The minimum absolute atomic E-state index is 1.06. The average molecular weight is 218 g/mol. The van der Waals surface area contributed by atoms with Gasteiger partial charge in [0.15, 0.2) is 0 Å². The van der Waals surface area contributed by atoms with Crippen molar-refractivity contribution in [1.82, 2.24) is 4.90 Å². The van der Waals surface area contributed by atoms with E-state index in [0.717, 1.165) is 6.54 Å². The van der Waals surface area contributed by atoms with Gasteiger partial charge in [-0.1, -0.05) is 12.1 Å². The summed E-state index contributed by atoms with van der Waals surface area (Å²) in [6.45, 7) is 9.16. The maximum absolute atomic E-state index is 3.54. The SMILES string of the molecule is Cc1cccc(NCCN2CCCC2)c1C. The van der Waals surface area contributed by atoms with Crippen molar-refractivity contribution in [2.24, 2.45) is 0 Å². The van der Waals surface area contributed by atoms with Crippen LogP contribution >= 0.6 is 0 Å². The lowest BCUT2D eigenvalue weighted by Crippen LogP contribution is -2.26. The van der Waals surface area contributed by atoms with Crippen molar-refractivity contribution in [2.75, 3.05) is 31.5 Å². The Morgan fingerprint density at radius 1 is 1.19 bits per heavy atom. The van der Waals surface area contributed by atoms with Gasteiger partial charge in [-0.25, -0.2) is 0 Å². The summed E-state index contributed by atoms with van der Waals surface area (Å²) in [6.07, 6.45) is 2.76. The molecule has 0 unspecified atom stereocenters. The molecule has 0 spiro atoms. The Bertz CT molecular complexity index is 341. The Morgan fingerprint density at radius 3 is 2.69 bits per heavy atom. The number of nitrogens with one attached hydrogen (secondary N) is 1. The Morgan fingerprint density at radius 2 is 1.94 bits per heavy atom. The molecule has 0 amide bonds. The zero-order valence-electron chi connectivity index (χ0n) is 10.4. The molecular formula is C14H22N2. The van der Waals surface area contributed by atoms with Crippen LogP contribution in [0.1, 0.15) is 24.0 Å². The summed E-state index contributed by atoms with van der Waals surface area (Å²) < 4.78 is 0. The van der Waals surface area contributed by atoms with E-state index in [1.165, 1.54) is 49.3 Å². The number of hydrogen-bond acceptors (Lipinski definition) is 2. The zero-order valence-corrected chi connectivity index (χ0v) is 10.4. The fraction of sp³-hybridized carbons (Fsp3) is 0.571. The van der Waals surface area contributed by atoms with Gasteiger partial charge in [-0.05, 0) is 57.0 Å². The number of benzene rings is 1. The third-order valence-electron chi connectivity index (χ3n) is 3.55. The third-order valence-corrected chi connectivity index (χ3v) is 3.55. The molecule has 2 nitrogen and oxygen atoms in total. The second-order valence-corrected chi connectivity index (χ2v) is 4.72. The lowest BCUT2D eigenvalue weighted by Gasteiger charge is -2.16. The summed E-state index contributed by atoms with van der Waals surface area (Å²) in [6, 6.07) is 6.47. The predicted molar refractivity (Wildman–Crippen MR) is 70.1 cm³/mol. The number of rotatable bonds is 4. The number of hydrogen-bond donors (Lipinski definition) is 1. The predicted octanol–water partition coefficient (Wildman–Crippen LogP) is 2.81. The molecule has 0 atom stereocenters. The van der Waals surface area contributed by atoms with E-state index in [2.05, 4.69) is 42.3 Å². The van der Waals surface area contributed by atoms with Crippen molar-refractivity contribution < 1.29 is 0 Å². The Labute approximate surface area is 98.7 Å². The molecule has 1 aliphatic rings. The van der Waals surface area contributed by atoms with Crippen LogP contribution in [-0.2, 0) is 0 Å². The summed E-state index contributed by atoms with van der Waals surface area (Å²) in [5, 5.41) is 3.54. The second kappa shape index (κ2) is 5.35. The molecule has 2 heteroatoms. The highest BCUT2D eigenvalue weighted by Gasteiger charge is 2.10. The molecule has 1 fully saturated rings. The van der Waals surface area contributed by atoms with Crippen LogP contribution in [0, 0.1) is 13.8 Å². The van der Waals surface area contributed by atoms with Gasteiger partial charge in [0, 0.05) is 18.8 Å². The highest BCUT2D eigenvalue weighted by atomic mass is 15.1. The molecule has 0 aromatic heterocycles. The van der Waals surface area contributed by atoms with E-state index in [-0.39, 0.29) is 0 Å². The number of likely N-dealkylation sites (tertiary alicyclic amines) is 1. The summed E-state index contributed by atoms with van der Waals surface area (Å²) in [5.74, 6) is 0. The highest BCUT2D eigenvalue weighted by Crippen LogP contribution is 2.17. The van der Waals surface area contributed by atoms with Crippen LogP contribution in [-0.4, -0.2) is 31.1 Å². The molecule has 1 aromatic carbocycles. The summed E-state index contributed by atoms with van der Waals surface area (Å²) in [5.41, 5.74) is 4.04. The zero-order chi connectivity index (χ0) is 11.4. The molecule has 2 rings (SSSR count). The van der Waals surface area contributed by atoms with E-state index in [9.17, 15) is 0 Å². The minimum Gasteiger partial charge on any atom is -0.384 e. The maximum Gasteiger partial charge on any atom is 0.0372 e. The van der Waals surface area contributed by atoms with Gasteiger partial charge in [0.25, 0.3) is 0 Å². The summed E-state index contributed by atoms with van der Waals surface area (Å²) in [7, 11) is 0. The molecule has 0 bridgehead atoms. The molecule has 0 radical (unpaired) electrons. The minimum atomic E-state index is 1.06. The average Bonchev–Trinajstić information content (AvgIpc) is 2.77. The molecule has 1 N–H and O–H groups in total. The van der Waals surface area contributed by atoms with Crippen LogP contribution in [0.15, 0.2) is 18.2 Å². The van der Waals surface area contributed by atoms with Crippen molar-refractivity contribution in [3.63, 3.8) is 0 Å².